The first kappa shape index (κ1) is 13.9. The summed E-state index contributed by atoms with van der Waals surface area (Å²) < 4.78 is 0. The molecule has 100 valence electrons. The first-order valence-electron chi connectivity index (χ1n) is 7.25. The lowest BCUT2D eigenvalue weighted by molar-refractivity contribution is 0.831. The van der Waals surface area contributed by atoms with Crippen LogP contribution in [0.1, 0.15) is 61.8 Å². The van der Waals surface area contributed by atoms with Crippen LogP contribution in [0.2, 0.25) is 0 Å². The Hall–Kier alpha value is -1.56. The van der Waals surface area contributed by atoms with E-state index < -0.39 is 0 Å². The van der Waals surface area contributed by atoms with Gasteiger partial charge in [-0.3, -0.25) is 0 Å². The lowest BCUT2D eigenvalue weighted by Gasteiger charge is -2.16. The minimum atomic E-state index is 0.586. The van der Waals surface area contributed by atoms with Crippen molar-refractivity contribution in [2.75, 3.05) is 0 Å². The predicted octanol–water partition coefficient (Wildman–Crippen LogP) is 5.52. The summed E-state index contributed by atoms with van der Waals surface area (Å²) >= 11 is 0. The zero-order valence-corrected chi connectivity index (χ0v) is 12.5. The quantitative estimate of drug-likeness (QED) is 0.671. The van der Waals surface area contributed by atoms with Gasteiger partial charge in [0.25, 0.3) is 0 Å². The zero-order valence-electron chi connectivity index (χ0n) is 12.5. The third kappa shape index (κ3) is 3.26. The van der Waals surface area contributed by atoms with Crippen molar-refractivity contribution in [3.8, 4) is 0 Å². The van der Waals surface area contributed by atoms with Crippen molar-refractivity contribution in [2.45, 2.75) is 46.0 Å². The first-order chi connectivity index (χ1) is 9.09. The molecular formula is C19H24. The Morgan fingerprint density at radius 1 is 0.632 bits per heavy atom. The van der Waals surface area contributed by atoms with Crippen LogP contribution in [0.5, 0.6) is 0 Å². The standard InChI is InChI=1S/C19H24/c1-14(2)18-11-7-5-9-16(18)13-17-10-6-8-12-19(17)15(3)4/h5-12,14-15H,13H2,1-4H3. The molecule has 0 heteroatoms. The molecule has 0 bridgehead atoms. The largest absolute Gasteiger partial charge is 0.0620 e. The van der Waals surface area contributed by atoms with Crippen LogP contribution in [0.25, 0.3) is 0 Å². The summed E-state index contributed by atoms with van der Waals surface area (Å²) in [6.07, 6.45) is 1.04. The molecule has 2 rings (SSSR count). The molecule has 0 fully saturated rings. The van der Waals surface area contributed by atoms with Gasteiger partial charge in [0.05, 0.1) is 0 Å². The minimum absolute atomic E-state index is 0.586. The molecule has 0 heterocycles. The lowest BCUT2D eigenvalue weighted by Crippen LogP contribution is -2.01. The van der Waals surface area contributed by atoms with E-state index >= 15 is 0 Å². The molecule has 0 spiro atoms. The van der Waals surface area contributed by atoms with E-state index in [0.717, 1.165) is 6.42 Å². The summed E-state index contributed by atoms with van der Waals surface area (Å²) in [6.45, 7) is 9.08. The highest BCUT2D eigenvalue weighted by Crippen LogP contribution is 2.26. The predicted molar refractivity (Wildman–Crippen MR) is 83.9 cm³/mol. The molecule has 0 aliphatic carbocycles. The molecule has 0 nitrogen and oxygen atoms in total. The normalized spacial score (nSPS) is 11.3. The van der Waals surface area contributed by atoms with Crippen LogP contribution in [0.4, 0.5) is 0 Å². The van der Waals surface area contributed by atoms with Crippen LogP contribution in [-0.4, -0.2) is 0 Å². The highest BCUT2D eigenvalue weighted by Gasteiger charge is 2.10. The van der Waals surface area contributed by atoms with E-state index in [1.807, 2.05) is 0 Å². The minimum Gasteiger partial charge on any atom is -0.0620 e. The maximum atomic E-state index is 2.27. The Labute approximate surface area is 117 Å². The number of rotatable bonds is 4. The Bertz CT molecular complexity index is 486. The van der Waals surface area contributed by atoms with E-state index in [1.165, 1.54) is 22.3 Å². The molecule has 2 aromatic carbocycles. The molecule has 0 saturated carbocycles. The van der Waals surface area contributed by atoms with E-state index in [9.17, 15) is 0 Å². The van der Waals surface area contributed by atoms with Gasteiger partial charge in [-0.05, 0) is 40.5 Å². The van der Waals surface area contributed by atoms with Crippen LogP contribution in [0, 0.1) is 0 Å². The average molecular weight is 252 g/mol. The van der Waals surface area contributed by atoms with Gasteiger partial charge in [0.15, 0.2) is 0 Å². The molecule has 19 heavy (non-hydrogen) atoms. The summed E-state index contributed by atoms with van der Waals surface area (Å²) in [5.74, 6) is 1.17. The molecule has 0 N–H and O–H groups in total. The third-order valence-corrected chi connectivity index (χ3v) is 3.74. The fourth-order valence-corrected chi connectivity index (χ4v) is 2.72. The topological polar surface area (TPSA) is 0 Å². The number of hydrogen-bond donors (Lipinski definition) is 0. The monoisotopic (exact) mass is 252 g/mol. The second kappa shape index (κ2) is 6.06. The maximum Gasteiger partial charge on any atom is -0.00201 e. The fraction of sp³-hybridized carbons (Fsp3) is 0.368. The Balaban J connectivity index is 2.37. The Kier molecular flexibility index (Phi) is 4.42. The van der Waals surface area contributed by atoms with Crippen molar-refractivity contribution in [3.05, 3.63) is 70.8 Å². The molecule has 0 aliphatic rings. The average Bonchev–Trinajstić information content (AvgIpc) is 2.39. The molecule has 0 unspecified atom stereocenters. The van der Waals surface area contributed by atoms with E-state index in [2.05, 4.69) is 76.2 Å². The number of benzene rings is 2. The molecule has 0 saturated heterocycles. The Morgan fingerprint density at radius 3 is 1.37 bits per heavy atom. The first-order valence-corrected chi connectivity index (χ1v) is 7.25. The van der Waals surface area contributed by atoms with Gasteiger partial charge in [-0.15, -0.1) is 0 Å². The molecule has 0 aliphatic heterocycles. The van der Waals surface area contributed by atoms with Crippen molar-refractivity contribution in [3.63, 3.8) is 0 Å². The summed E-state index contributed by atoms with van der Waals surface area (Å²) in [4.78, 5) is 0. The van der Waals surface area contributed by atoms with Crippen molar-refractivity contribution in [1.82, 2.24) is 0 Å². The zero-order chi connectivity index (χ0) is 13.8. The van der Waals surface area contributed by atoms with E-state index in [4.69, 9.17) is 0 Å². The van der Waals surface area contributed by atoms with Gasteiger partial charge in [-0.1, -0.05) is 76.2 Å². The van der Waals surface area contributed by atoms with Crippen molar-refractivity contribution in [2.24, 2.45) is 0 Å². The molecular weight excluding hydrogens is 228 g/mol. The summed E-state index contributed by atoms with van der Waals surface area (Å²) in [7, 11) is 0. The SMILES string of the molecule is CC(C)c1ccccc1Cc1ccccc1C(C)C. The van der Waals surface area contributed by atoms with Crippen LogP contribution in [0.15, 0.2) is 48.5 Å². The van der Waals surface area contributed by atoms with Crippen molar-refractivity contribution >= 4 is 0 Å². The molecule has 0 atom stereocenters. The Morgan fingerprint density at radius 2 is 1.00 bits per heavy atom. The third-order valence-electron chi connectivity index (χ3n) is 3.74. The molecule has 0 aromatic heterocycles. The molecule has 2 aromatic rings. The highest BCUT2D eigenvalue weighted by molar-refractivity contribution is 5.38. The molecule has 0 amide bonds. The summed E-state index contributed by atoms with van der Waals surface area (Å²) in [5.41, 5.74) is 5.87. The van der Waals surface area contributed by atoms with Crippen molar-refractivity contribution < 1.29 is 0 Å². The molecule has 0 radical (unpaired) electrons. The second-order valence-corrected chi connectivity index (χ2v) is 5.88. The van der Waals surface area contributed by atoms with Gasteiger partial charge >= 0.3 is 0 Å². The number of hydrogen-bond acceptors (Lipinski definition) is 0. The van der Waals surface area contributed by atoms with Gasteiger partial charge in [0, 0.05) is 0 Å². The maximum absolute atomic E-state index is 2.27. The van der Waals surface area contributed by atoms with Gasteiger partial charge in [0.1, 0.15) is 0 Å². The lowest BCUT2D eigenvalue weighted by atomic mass is 9.89. The smallest absolute Gasteiger partial charge is 0.00201 e. The van der Waals surface area contributed by atoms with E-state index in [1.54, 1.807) is 0 Å². The summed E-state index contributed by atoms with van der Waals surface area (Å²) in [6, 6.07) is 17.7. The van der Waals surface area contributed by atoms with Crippen molar-refractivity contribution in [1.29, 1.82) is 0 Å². The van der Waals surface area contributed by atoms with E-state index in [-0.39, 0.29) is 0 Å². The van der Waals surface area contributed by atoms with Crippen LogP contribution in [0.3, 0.4) is 0 Å². The second-order valence-electron chi connectivity index (χ2n) is 5.88. The van der Waals surface area contributed by atoms with Gasteiger partial charge in [0.2, 0.25) is 0 Å². The van der Waals surface area contributed by atoms with E-state index in [0.29, 0.717) is 11.8 Å². The van der Waals surface area contributed by atoms with Crippen LogP contribution >= 0.6 is 0 Å². The fourth-order valence-electron chi connectivity index (χ4n) is 2.72. The van der Waals surface area contributed by atoms with Crippen LogP contribution in [-0.2, 0) is 6.42 Å². The van der Waals surface area contributed by atoms with Gasteiger partial charge in [-0.25, -0.2) is 0 Å². The van der Waals surface area contributed by atoms with Crippen LogP contribution < -0.4 is 0 Å². The highest BCUT2D eigenvalue weighted by atomic mass is 14.1. The van der Waals surface area contributed by atoms with Gasteiger partial charge < -0.3 is 0 Å². The van der Waals surface area contributed by atoms with Gasteiger partial charge in [-0.2, -0.15) is 0 Å². The summed E-state index contributed by atoms with van der Waals surface area (Å²) in [5, 5.41) is 0.